The van der Waals surface area contributed by atoms with Gasteiger partial charge in [-0.05, 0) is 82.0 Å². The van der Waals surface area contributed by atoms with Gasteiger partial charge in [0.15, 0.2) is 0 Å². The van der Waals surface area contributed by atoms with Crippen molar-refractivity contribution < 1.29 is 14.7 Å². The van der Waals surface area contributed by atoms with E-state index in [-0.39, 0.29) is 11.4 Å². The van der Waals surface area contributed by atoms with Crippen LogP contribution < -0.4 is 5.32 Å². The van der Waals surface area contributed by atoms with Crippen LogP contribution in [0, 0.1) is 23.2 Å². The second-order valence-corrected chi connectivity index (χ2v) is 8.55. The molecule has 22 heavy (non-hydrogen) atoms. The van der Waals surface area contributed by atoms with Crippen molar-refractivity contribution >= 4 is 11.9 Å². The Morgan fingerprint density at radius 3 is 2.23 bits per heavy atom. The number of carbonyl (C=O) groups excluding carboxylic acids is 1. The number of carboxylic acid groups (broad SMARTS) is 1. The fourth-order valence-corrected chi connectivity index (χ4v) is 5.44. The summed E-state index contributed by atoms with van der Waals surface area (Å²) in [6, 6.07) is 0. The molecule has 2 bridgehead atoms. The Morgan fingerprint density at radius 1 is 0.955 bits per heavy atom. The summed E-state index contributed by atoms with van der Waals surface area (Å²) < 4.78 is 0. The largest absolute Gasteiger partial charge is 0.481 e. The van der Waals surface area contributed by atoms with E-state index in [1.807, 2.05) is 0 Å². The predicted molar refractivity (Wildman–Crippen MR) is 82.2 cm³/mol. The minimum atomic E-state index is -0.631. The minimum absolute atomic E-state index is 0.0922. The van der Waals surface area contributed by atoms with Gasteiger partial charge in [-0.1, -0.05) is 0 Å². The van der Waals surface area contributed by atoms with Crippen molar-refractivity contribution in [1.82, 2.24) is 5.32 Å². The van der Waals surface area contributed by atoms with E-state index in [0.29, 0.717) is 12.3 Å². The van der Waals surface area contributed by atoms with Crippen molar-refractivity contribution in [2.75, 3.05) is 0 Å². The normalized spacial score (nSPS) is 45.9. The summed E-state index contributed by atoms with van der Waals surface area (Å²) in [5.74, 6) is 2.08. The van der Waals surface area contributed by atoms with E-state index >= 15 is 0 Å². The first-order valence-electron chi connectivity index (χ1n) is 9.05. The average Bonchev–Trinajstić information content (AvgIpc) is 3.27. The summed E-state index contributed by atoms with van der Waals surface area (Å²) >= 11 is 0. The van der Waals surface area contributed by atoms with Crippen LogP contribution in [-0.2, 0) is 9.59 Å². The molecule has 1 amide bonds. The lowest BCUT2D eigenvalue weighted by atomic mass is 9.57. The minimum Gasteiger partial charge on any atom is -0.481 e. The van der Waals surface area contributed by atoms with Crippen LogP contribution in [0.3, 0.4) is 0 Å². The lowest BCUT2D eigenvalue weighted by molar-refractivity contribution is -0.157. The second-order valence-electron chi connectivity index (χ2n) is 8.55. The van der Waals surface area contributed by atoms with Crippen LogP contribution in [0.5, 0.6) is 0 Å². The van der Waals surface area contributed by atoms with Crippen molar-refractivity contribution in [2.24, 2.45) is 23.2 Å². The molecule has 0 radical (unpaired) electrons. The van der Waals surface area contributed by atoms with Crippen LogP contribution in [0.25, 0.3) is 0 Å². The summed E-state index contributed by atoms with van der Waals surface area (Å²) in [6.07, 6.45) is 10.6. The molecule has 5 fully saturated rings. The standard InChI is InChI=1S/C18H27NO3/c20-15(10-12-1-2-13-11-14(13)9-12)19-18-6-3-17(4-7-18,5-8-18)16(21)22/h12-14H,1-11H2,(H,19,20)(H,21,22). The van der Waals surface area contributed by atoms with Crippen LogP contribution in [0.4, 0.5) is 0 Å². The third-order valence-corrected chi connectivity index (χ3v) is 7.23. The number of hydrogen-bond donors (Lipinski definition) is 2. The maximum Gasteiger partial charge on any atom is 0.309 e. The lowest BCUT2D eigenvalue weighted by Crippen LogP contribution is -2.58. The first-order valence-corrected chi connectivity index (χ1v) is 9.05. The van der Waals surface area contributed by atoms with Gasteiger partial charge in [0.1, 0.15) is 0 Å². The fourth-order valence-electron chi connectivity index (χ4n) is 5.44. The average molecular weight is 305 g/mol. The monoisotopic (exact) mass is 305 g/mol. The van der Waals surface area contributed by atoms with Gasteiger partial charge in [0, 0.05) is 12.0 Å². The second kappa shape index (κ2) is 4.97. The van der Waals surface area contributed by atoms with Crippen molar-refractivity contribution in [3.8, 4) is 0 Å². The van der Waals surface area contributed by atoms with E-state index in [1.54, 1.807) is 0 Å². The van der Waals surface area contributed by atoms with Gasteiger partial charge < -0.3 is 10.4 Å². The highest BCUT2D eigenvalue weighted by Gasteiger charge is 2.53. The van der Waals surface area contributed by atoms with Crippen LogP contribution >= 0.6 is 0 Å². The Kier molecular flexibility index (Phi) is 3.28. The van der Waals surface area contributed by atoms with Crippen molar-refractivity contribution in [3.63, 3.8) is 0 Å². The summed E-state index contributed by atoms with van der Waals surface area (Å²) in [5, 5.41) is 12.8. The molecular weight excluding hydrogens is 278 g/mol. The fraction of sp³-hybridized carbons (Fsp3) is 0.889. The molecule has 3 unspecified atom stereocenters. The van der Waals surface area contributed by atoms with Gasteiger partial charge >= 0.3 is 5.97 Å². The molecule has 0 heterocycles. The zero-order chi connectivity index (χ0) is 15.4. The van der Waals surface area contributed by atoms with Crippen LogP contribution in [0.15, 0.2) is 0 Å². The van der Waals surface area contributed by atoms with E-state index in [9.17, 15) is 14.7 Å². The summed E-state index contributed by atoms with van der Waals surface area (Å²) in [4.78, 5) is 23.9. The smallest absolute Gasteiger partial charge is 0.309 e. The maximum atomic E-state index is 12.5. The van der Waals surface area contributed by atoms with Crippen molar-refractivity contribution in [1.29, 1.82) is 0 Å². The summed E-state index contributed by atoms with van der Waals surface area (Å²) in [7, 11) is 0. The van der Waals surface area contributed by atoms with Gasteiger partial charge in [-0.15, -0.1) is 0 Å². The molecule has 122 valence electrons. The van der Waals surface area contributed by atoms with Gasteiger partial charge in [-0.25, -0.2) is 0 Å². The molecule has 5 rings (SSSR count). The summed E-state index contributed by atoms with van der Waals surface area (Å²) in [6.45, 7) is 0. The molecule has 0 aromatic rings. The number of rotatable bonds is 4. The SMILES string of the molecule is O=C(CC1CCC2CC2C1)NC12CCC(C(=O)O)(CC1)CC2. The topological polar surface area (TPSA) is 66.4 Å². The summed E-state index contributed by atoms with van der Waals surface area (Å²) in [5.41, 5.74) is -0.581. The molecule has 0 spiro atoms. The lowest BCUT2D eigenvalue weighted by Gasteiger charge is -2.51. The molecule has 0 saturated heterocycles. The molecule has 3 atom stereocenters. The highest BCUT2D eigenvalue weighted by atomic mass is 16.4. The predicted octanol–water partition coefficient (Wildman–Crippen LogP) is 3.11. The van der Waals surface area contributed by atoms with Crippen LogP contribution in [-0.4, -0.2) is 22.5 Å². The van der Waals surface area contributed by atoms with Crippen molar-refractivity contribution in [2.45, 2.75) is 76.2 Å². The Labute approximate surface area is 132 Å². The van der Waals surface area contributed by atoms with Crippen molar-refractivity contribution in [3.05, 3.63) is 0 Å². The number of fused-ring (bicyclic) bond motifs is 4. The molecule has 0 aromatic carbocycles. The number of aliphatic carboxylic acids is 1. The molecule has 0 aromatic heterocycles. The molecule has 2 N–H and O–H groups in total. The van der Waals surface area contributed by atoms with Gasteiger partial charge in [-0.3, -0.25) is 9.59 Å². The number of nitrogens with one attached hydrogen (secondary N) is 1. The maximum absolute atomic E-state index is 12.5. The van der Waals surface area contributed by atoms with Crippen LogP contribution in [0.1, 0.15) is 70.6 Å². The Balaban J connectivity index is 1.32. The van der Waals surface area contributed by atoms with E-state index in [2.05, 4.69) is 5.32 Å². The molecule has 0 aliphatic heterocycles. The molecule has 5 aliphatic rings. The first-order chi connectivity index (χ1) is 10.5. The molecule has 5 saturated carbocycles. The Bertz CT molecular complexity index is 476. The molecule has 5 aliphatic carbocycles. The van der Waals surface area contributed by atoms with E-state index in [0.717, 1.165) is 50.4 Å². The van der Waals surface area contributed by atoms with Crippen LogP contribution in [0.2, 0.25) is 0 Å². The Morgan fingerprint density at radius 2 is 1.64 bits per heavy atom. The molecule has 4 nitrogen and oxygen atoms in total. The first kappa shape index (κ1) is 14.5. The van der Waals surface area contributed by atoms with Gasteiger partial charge in [0.2, 0.25) is 5.91 Å². The Hall–Kier alpha value is -1.06. The zero-order valence-electron chi connectivity index (χ0n) is 13.3. The number of carboxylic acids is 1. The third kappa shape index (κ3) is 2.44. The number of carbonyl (C=O) groups is 2. The van der Waals surface area contributed by atoms with E-state index < -0.39 is 11.4 Å². The third-order valence-electron chi connectivity index (χ3n) is 7.23. The van der Waals surface area contributed by atoms with E-state index in [4.69, 9.17) is 0 Å². The van der Waals surface area contributed by atoms with Gasteiger partial charge in [0.25, 0.3) is 0 Å². The quantitative estimate of drug-likeness (QED) is 0.838. The highest BCUT2D eigenvalue weighted by molar-refractivity contribution is 5.78. The number of amides is 1. The molecular formula is C18H27NO3. The molecule has 4 heteroatoms. The van der Waals surface area contributed by atoms with Gasteiger partial charge in [-0.2, -0.15) is 0 Å². The highest BCUT2D eigenvalue weighted by Crippen LogP contribution is 2.53. The van der Waals surface area contributed by atoms with E-state index in [1.165, 1.54) is 25.7 Å². The van der Waals surface area contributed by atoms with Gasteiger partial charge in [0.05, 0.1) is 5.41 Å². The zero-order valence-corrected chi connectivity index (χ0v) is 13.3. The number of hydrogen-bond acceptors (Lipinski definition) is 2.